The predicted molar refractivity (Wildman–Crippen MR) is 46.2 cm³/mol. The maximum absolute atomic E-state index is 8.49. The van der Waals surface area contributed by atoms with E-state index in [0.29, 0.717) is 23.1 Å². The number of ether oxygens (including phenoxy) is 2. The second-order valence-electron chi connectivity index (χ2n) is 2.65. The van der Waals surface area contributed by atoms with E-state index in [4.69, 9.17) is 26.3 Å². The topological polar surface area (TPSA) is 50.7 Å². The van der Waals surface area contributed by atoms with Gasteiger partial charge in [0.15, 0.2) is 11.5 Å². The number of hydroxylamine groups is 1. The lowest BCUT2D eigenvalue weighted by molar-refractivity contribution is 0.161. The number of hydrogen-bond donors (Lipinski definition) is 2. The molecule has 70 valence electrons. The zero-order chi connectivity index (χ0) is 9.26. The van der Waals surface area contributed by atoms with Crippen LogP contribution in [0.4, 0.5) is 0 Å². The predicted octanol–water partition coefficient (Wildman–Crippen LogP) is 1.55. The highest BCUT2D eigenvalue weighted by atomic mass is 35.5. The average molecular weight is 202 g/mol. The Hall–Kier alpha value is -0.970. The summed E-state index contributed by atoms with van der Waals surface area (Å²) in [6.07, 6.45) is 0. The van der Waals surface area contributed by atoms with Crippen LogP contribution in [0.25, 0.3) is 0 Å². The van der Waals surface area contributed by atoms with Crippen molar-refractivity contribution < 1.29 is 14.7 Å². The van der Waals surface area contributed by atoms with E-state index in [-0.39, 0.29) is 6.79 Å². The molecule has 0 radical (unpaired) electrons. The molecule has 0 fully saturated rings. The van der Waals surface area contributed by atoms with E-state index in [9.17, 15) is 0 Å². The number of hydrogen-bond acceptors (Lipinski definition) is 4. The molecule has 0 aromatic heterocycles. The summed E-state index contributed by atoms with van der Waals surface area (Å²) < 4.78 is 10.3. The van der Waals surface area contributed by atoms with Crippen LogP contribution in [0.15, 0.2) is 12.1 Å². The third-order valence-corrected chi connectivity index (χ3v) is 2.05. The van der Waals surface area contributed by atoms with E-state index in [1.807, 2.05) is 5.48 Å². The molecule has 0 saturated heterocycles. The van der Waals surface area contributed by atoms with Crippen LogP contribution in [-0.2, 0) is 6.54 Å². The zero-order valence-corrected chi connectivity index (χ0v) is 7.47. The Balaban J connectivity index is 2.37. The summed E-state index contributed by atoms with van der Waals surface area (Å²) >= 11 is 5.90. The van der Waals surface area contributed by atoms with Crippen molar-refractivity contribution in [2.75, 3.05) is 6.79 Å². The molecule has 0 saturated carbocycles. The first-order valence-electron chi connectivity index (χ1n) is 3.76. The third kappa shape index (κ3) is 1.56. The summed E-state index contributed by atoms with van der Waals surface area (Å²) in [6.45, 7) is 0.529. The van der Waals surface area contributed by atoms with Gasteiger partial charge in [0.05, 0.1) is 5.02 Å². The fraction of sp³-hybridized carbons (Fsp3) is 0.250. The van der Waals surface area contributed by atoms with E-state index in [1.165, 1.54) is 0 Å². The van der Waals surface area contributed by atoms with Crippen molar-refractivity contribution in [3.63, 3.8) is 0 Å². The maximum Gasteiger partial charge on any atom is 0.231 e. The van der Waals surface area contributed by atoms with E-state index >= 15 is 0 Å². The van der Waals surface area contributed by atoms with Crippen molar-refractivity contribution in [3.05, 3.63) is 22.7 Å². The van der Waals surface area contributed by atoms with Gasteiger partial charge in [0.1, 0.15) is 0 Å². The number of rotatable bonds is 2. The molecule has 2 rings (SSSR count). The lowest BCUT2D eigenvalue weighted by Gasteiger charge is -2.03. The van der Waals surface area contributed by atoms with Crippen molar-refractivity contribution in [1.29, 1.82) is 0 Å². The molecule has 4 nitrogen and oxygen atoms in total. The summed E-state index contributed by atoms with van der Waals surface area (Å²) in [4.78, 5) is 0. The second-order valence-corrected chi connectivity index (χ2v) is 3.05. The Bertz CT molecular complexity index is 329. The molecule has 1 aromatic rings. The molecule has 1 heterocycles. The molecule has 0 aliphatic carbocycles. The van der Waals surface area contributed by atoms with Gasteiger partial charge in [-0.2, -0.15) is 0 Å². The van der Waals surface area contributed by atoms with Crippen molar-refractivity contribution in [1.82, 2.24) is 5.48 Å². The minimum absolute atomic E-state index is 0.199. The van der Waals surface area contributed by atoms with Crippen LogP contribution in [0.1, 0.15) is 5.56 Å². The minimum Gasteiger partial charge on any atom is -0.454 e. The summed E-state index contributed by atoms with van der Waals surface area (Å²) in [5, 5.41) is 8.99. The molecule has 5 heteroatoms. The SMILES string of the molecule is ONCc1cc(Cl)c2c(c1)OCO2. The van der Waals surface area contributed by atoms with Crippen LogP contribution in [0, 0.1) is 0 Å². The van der Waals surface area contributed by atoms with Gasteiger partial charge in [-0.1, -0.05) is 11.6 Å². The molecule has 1 aliphatic rings. The molecule has 0 amide bonds. The second kappa shape index (κ2) is 3.41. The highest BCUT2D eigenvalue weighted by Gasteiger charge is 2.17. The Labute approximate surface area is 80.0 Å². The molecule has 1 aromatic carbocycles. The van der Waals surface area contributed by atoms with E-state index in [2.05, 4.69) is 0 Å². The van der Waals surface area contributed by atoms with Crippen LogP contribution < -0.4 is 15.0 Å². The zero-order valence-electron chi connectivity index (χ0n) is 6.71. The van der Waals surface area contributed by atoms with Gasteiger partial charge in [0, 0.05) is 6.54 Å². The lowest BCUT2D eigenvalue weighted by Crippen LogP contribution is -2.05. The number of benzene rings is 1. The highest BCUT2D eigenvalue weighted by molar-refractivity contribution is 6.32. The van der Waals surface area contributed by atoms with Gasteiger partial charge in [-0.05, 0) is 17.7 Å². The Kier molecular flexibility index (Phi) is 2.26. The van der Waals surface area contributed by atoms with Gasteiger partial charge in [-0.25, -0.2) is 5.48 Å². The molecule has 0 atom stereocenters. The summed E-state index contributed by atoms with van der Waals surface area (Å²) in [6, 6.07) is 3.50. The molecule has 2 N–H and O–H groups in total. The van der Waals surface area contributed by atoms with Gasteiger partial charge >= 0.3 is 0 Å². The maximum atomic E-state index is 8.49. The van der Waals surface area contributed by atoms with E-state index < -0.39 is 0 Å². The molecule has 1 aliphatic heterocycles. The van der Waals surface area contributed by atoms with Crippen LogP contribution >= 0.6 is 11.6 Å². The van der Waals surface area contributed by atoms with Gasteiger partial charge in [-0.3, -0.25) is 0 Å². The molecule has 0 spiro atoms. The largest absolute Gasteiger partial charge is 0.454 e. The first-order valence-corrected chi connectivity index (χ1v) is 4.14. The van der Waals surface area contributed by atoms with Crippen LogP contribution in [0.2, 0.25) is 5.02 Å². The van der Waals surface area contributed by atoms with Crippen LogP contribution in [0.5, 0.6) is 11.5 Å². The summed E-state index contributed by atoms with van der Waals surface area (Å²) in [5.74, 6) is 1.20. The smallest absolute Gasteiger partial charge is 0.231 e. The first kappa shape index (κ1) is 8.62. The fourth-order valence-corrected chi connectivity index (χ4v) is 1.50. The monoisotopic (exact) mass is 201 g/mol. The molecule has 0 unspecified atom stereocenters. The van der Waals surface area contributed by atoms with Gasteiger partial charge in [0.25, 0.3) is 0 Å². The molecule has 0 bridgehead atoms. The van der Waals surface area contributed by atoms with E-state index in [1.54, 1.807) is 12.1 Å². The average Bonchev–Trinajstić information content (AvgIpc) is 2.53. The normalized spacial score (nSPS) is 13.4. The quantitative estimate of drug-likeness (QED) is 0.713. The minimum atomic E-state index is 0.199. The van der Waals surface area contributed by atoms with Crippen molar-refractivity contribution >= 4 is 11.6 Å². The number of nitrogens with one attached hydrogen (secondary N) is 1. The molecule has 13 heavy (non-hydrogen) atoms. The standard InChI is InChI=1S/C8H8ClNO3/c9-6-1-5(3-10-11)2-7-8(6)13-4-12-7/h1-2,10-11H,3-4H2. The number of fused-ring (bicyclic) bond motifs is 1. The van der Waals surface area contributed by atoms with Gasteiger partial charge in [-0.15, -0.1) is 0 Å². The number of halogens is 1. The summed E-state index contributed by atoms with van der Waals surface area (Å²) in [5.41, 5.74) is 2.89. The van der Waals surface area contributed by atoms with Crippen LogP contribution in [-0.4, -0.2) is 12.0 Å². The Morgan fingerprint density at radius 3 is 3.08 bits per heavy atom. The Morgan fingerprint density at radius 1 is 1.46 bits per heavy atom. The first-order chi connectivity index (χ1) is 6.31. The van der Waals surface area contributed by atoms with Crippen molar-refractivity contribution in [3.8, 4) is 11.5 Å². The Morgan fingerprint density at radius 2 is 2.31 bits per heavy atom. The summed E-state index contributed by atoms with van der Waals surface area (Å²) in [7, 11) is 0. The van der Waals surface area contributed by atoms with Gasteiger partial charge < -0.3 is 14.7 Å². The fourth-order valence-electron chi connectivity index (χ4n) is 1.21. The van der Waals surface area contributed by atoms with Crippen molar-refractivity contribution in [2.45, 2.75) is 6.54 Å². The van der Waals surface area contributed by atoms with Crippen LogP contribution in [0.3, 0.4) is 0 Å². The highest BCUT2D eigenvalue weighted by Crippen LogP contribution is 2.39. The lowest BCUT2D eigenvalue weighted by atomic mass is 10.2. The van der Waals surface area contributed by atoms with Gasteiger partial charge in [0.2, 0.25) is 6.79 Å². The third-order valence-electron chi connectivity index (χ3n) is 1.77. The molecular weight excluding hydrogens is 194 g/mol. The van der Waals surface area contributed by atoms with Crippen molar-refractivity contribution in [2.24, 2.45) is 0 Å². The molecular formula is C8H8ClNO3. The van der Waals surface area contributed by atoms with E-state index in [0.717, 1.165) is 5.56 Å².